The van der Waals surface area contributed by atoms with Crippen molar-refractivity contribution in [2.75, 3.05) is 13.7 Å². The van der Waals surface area contributed by atoms with Crippen LogP contribution in [-0.2, 0) is 29.5 Å². The molecule has 0 fully saturated rings. The summed E-state index contributed by atoms with van der Waals surface area (Å²) in [5.41, 5.74) is 2.31. The van der Waals surface area contributed by atoms with Crippen LogP contribution in [0.25, 0.3) is 0 Å². The predicted molar refractivity (Wildman–Crippen MR) is 47.9 cm³/mol. The molecule has 0 aromatic carbocycles. The van der Waals surface area contributed by atoms with Crippen LogP contribution >= 0.6 is 0 Å². The highest BCUT2D eigenvalue weighted by atomic mass is 16.5. The zero-order valence-corrected chi connectivity index (χ0v) is 8.24. The van der Waals surface area contributed by atoms with Gasteiger partial charge in [-0.25, -0.2) is 4.79 Å². The first-order chi connectivity index (χ1) is 6.74. The molecule has 1 aromatic rings. The number of aromatic nitrogens is 2. The Kier molecular flexibility index (Phi) is 2.25. The Morgan fingerprint density at radius 1 is 1.64 bits per heavy atom. The number of hydrogen-bond donors (Lipinski definition) is 0. The first-order valence-corrected chi connectivity index (χ1v) is 4.45. The van der Waals surface area contributed by atoms with Gasteiger partial charge in [0, 0.05) is 19.0 Å². The topological polar surface area (TPSA) is 53.3 Å². The molecule has 0 spiro atoms. The molecule has 0 saturated carbocycles. The third kappa shape index (κ3) is 1.29. The van der Waals surface area contributed by atoms with Gasteiger partial charge in [0.2, 0.25) is 0 Å². The lowest BCUT2D eigenvalue weighted by Crippen LogP contribution is -2.13. The Bertz CT molecular complexity index is 370. The Labute approximate surface area is 81.6 Å². The van der Waals surface area contributed by atoms with Crippen molar-refractivity contribution in [2.45, 2.75) is 13.0 Å². The number of rotatable bonds is 1. The standard InChI is InChI=1S/C9H12N2O3/c1-11-8(9(12)13-2)6-5-14-4-3-7(6)10-11/h3-5H2,1-2H3. The predicted octanol–water partition coefficient (Wildman–Crippen LogP) is 0.279. The van der Waals surface area contributed by atoms with Crippen molar-refractivity contribution in [2.24, 2.45) is 7.05 Å². The average molecular weight is 196 g/mol. The van der Waals surface area contributed by atoms with Crippen LogP contribution < -0.4 is 0 Å². The largest absolute Gasteiger partial charge is 0.464 e. The molecule has 0 aliphatic carbocycles. The minimum Gasteiger partial charge on any atom is -0.464 e. The van der Waals surface area contributed by atoms with Crippen LogP contribution in [-0.4, -0.2) is 29.5 Å². The zero-order chi connectivity index (χ0) is 10.1. The molecule has 0 N–H and O–H groups in total. The monoisotopic (exact) mass is 196 g/mol. The fraction of sp³-hybridized carbons (Fsp3) is 0.556. The van der Waals surface area contributed by atoms with Gasteiger partial charge in [0.25, 0.3) is 0 Å². The van der Waals surface area contributed by atoms with Gasteiger partial charge in [-0.3, -0.25) is 4.68 Å². The quantitative estimate of drug-likeness (QED) is 0.605. The number of nitrogens with zero attached hydrogens (tertiary/aromatic N) is 2. The van der Waals surface area contributed by atoms with E-state index in [9.17, 15) is 4.79 Å². The SMILES string of the molecule is COC(=O)c1c2c(nn1C)CCOC2. The molecule has 0 bridgehead atoms. The van der Waals surface area contributed by atoms with Gasteiger partial charge in [0.05, 0.1) is 26.0 Å². The lowest BCUT2D eigenvalue weighted by Gasteiger charge is -2.11. The highest BCUT2D eigenvalue weighted by molar-refractivity contribution is 5.89. The third-order valence-electron chi connectivity index (χ3n) is 2.34. The lowest BCUT2D eigenvalue weighted by atomic mass is 10.1. The first-order valence-electron chi connectivity index (χ1n) is 4.45. The summed E-state index contributed by atoms with van der Waals surface area (Å²) in [5, 5.41) is 4.26. The molecule has 1 aromatic heterocycles. The third-order valence-corrected chi connectivity index (χ3v) is 2.34. The Hall–Kier alpha value is -1.36. The maximum Gasteiger partial charge on any atom is 0.356 e. The Morgan fingerprint density at radius 2 is 2.43 bits per heavy atom. The van der Waals surface area contributed by atoms with Gasteiger partial charge in [0.1, 0.15) is 0 Å². The number of hydrogen-bond acceptors (Lipinski definition) is 4. The zero-order valence-electron chi connectivity index (χ0n) is 8.24. The highest BCUT2D eigenvalue weighted by Crippen LogP contribution is 2.20. The molecule has 0 saturated heterocycles. The normalized spacial score (nSPS) is 15.0. The summed E-state index contributed by atoms with van der Waals surface area (Å²) in [7, 11) is 3.11. The molecule has 5 nitrogen and oxygen atoms in total. The number of ether oxygens (including phenoxy) is 2. The highest BCUT2D eigenvalue weighted by Gasteiger charge is 2.24. The van der Waals surface area contributed by atoms with E-state index < -0.39 is 0 Å². The second-order valence-corrected chi connectivity index (χ2v) is 3.19. The summed E-state index contributed by atoms with van der Waals surface area (Å²) in [6.45, 7) is 1.12. The van der Waals surface area contributed by atoms with Crippen LogP contribution in [0.5, 0.6) is 0 Å². The van der Waals surface area contributed by atoms with E-state index in [2.05, 4.69) is 9.84 Å². The van der Waals surface area contributed by atoms with E-state index >= 15 is 0 Å². The van der Waals surface area contributed by atoms with Crippen molar-refractivity contribution < 1.29 is 14.3 Å². The maximum absolute atomic E-state index is 11.4. The number of carbonyl (C=O) groups excluding carboxylic acids is 1. The molecule has 14 heavy (non-hydrogen) atoms. The van der Waals surface area contributed by atoms with Gasteiger partial charge in [-0.1, -0.05) is 0 Å². The van der Waals surface area contributed by atoms with E-state index in [1.54, 1.807) is 11.7 Å². The summed E-state index contributed by atoms with van der Waals surface area (Å²) in [4.78, 5) is 11.4. The van der Waals surface area contributed by atoms with E-state index in [1.807, 2.05) is 0 Å². The molecule has 0 atom stereocenters. The summed E-state index contributed by atoms with van der Waals surface area (Å²) in [6, 6.07) is 0. The number of carbonyl (C=O) groups is 1. The molecule has 1 aliphatic heterocycles. The molecule has 0 amide bonds. The van der Waals surface area contributed by atoms with Crippen molar-refractivity contribution in [1.82, 2.24) is 9.78 Å². The summed E-state index contributed by atoms with van der Waals surface area (Å²) in [5.74, 6) is -0.355. The average Bonchev–Trinajstić information content (AvgIpc) is 2.53. The van der Waals surface area contributed by atoms with Crippen molar-refractivity contribution in [3.05, 3.63) is 17.0 Å². The van der Waals surface area contributed by atoms with Gasteiger partial charge < -0.3 is 9.47 Å². The Morgan fingerprint density at radius 3 is 3.14 bits per heavy atom. The smallest absolute Gasteiger partial charge is 0.356 e. The van der Waals surface area contributed by atoms with Crippen molar-refractivity contribution in [3.8, 4) is 0 Å². The van der Waals surface area contributed by atoms with Crippen LogP contribution in [0.3, 0.4) is 0 Å². The van der Waals surface area contributed by atoms with Gasteiger partial charge in [0.15, 0.2) is 5.69 Å². The van der Waals surface area contributed by atoms with Crippen LogP contribution in [0.4, 0.5) is 0 Å². The van der Waals surface area contributed by atoms with Gasteiger partial charge >= 0.3 is 5.97 Å². The van der Waals surface area contributed by atoms with Crippen LogP contribution in [0, 0.1) is 0 Å². The molecular formula is C9H12N2O3. The fourth-order valence-corrected chi connectivity index (χ4v) is 1.67. The second kappa shape index (κ2) is 3.42. The van der Waals surface area contributed by atoms with Crippen molar-refractivity contribution >= 4 is 5.97 Å². The number of esters is 1. The first kappa shape index (κ1) is 9.21. The van der Waals surface area contributed by atoms with E-state index in [1.165, 1.54) is 7.11 Å². The van der Waals surface area contributed by atoms with E-state index in [4.69, 9.17) is 4.74 Å². The van der Waals surface area contributed by atoms with Crippen LogP contribution in [0.1, 0.15) is 21.7 Å². The lowest BCUT2D eigenvalue weighted by molar-refractivity contribution is 0.0577. The summed E-state index contributed by atoms with van der Waals surface area (Å²) in [6.07, 6.45) is 0.764. The minimum absolute atomic E-state index is 0.355. The van der Waals surface area contributed by atoms with Crippen molar-refractivity contribution in [3.63, 3.8) is 0 Å². The summed E-state index contributed by atoms with van der Waals surface area (Å²) >= 11 is 0. The fourth-order valence-electron chi connectivity index (χ4n) is 1.67. The van der Waals surface area contributed by atoms with E-state index in [-0.39, 0.29) is 5.97 Å². The van der Waals surface area contributed by atoms with E-state index in [0.717, 1.165) is 17.7 Å². The molecule has 2 rings (SSSR count). The number of methoxy groups -OCH3 is 1. The molecule has 0 unspecified atom stereocenters. The van der Waals surface area contributed by atoms with Crippen LogP contribution in [0.2, 0.25) is 0 Å². The molecule has 1 aliphatic rings. The number of fused-ring (bicyclic) bond motifs is 1. The van der Waals surface area contributed by atoms with Crippen molar-refractivity contribution in [1.29, 1.82) is 0 Å². The molecular weight excluding hydrogens is 184 g/mol. The van der Waals surface area contributed by atoms with Crippen LogP contribution in [0.15, 0.2) is 0 Å². The molecule has 76 valence electrons. The molecule has 0 radical (unpaired) electrons. The van der Waals surface area contributed by atoms with Gasteiger partial charge in [-0.15, -0.1) is 0 Å². The Balaban J connectivity index is 2.47. The minimum atomic E-state index is -0.355. The van der Waals surface area contributed by atoms with Gasteiger partial charge in [-0.2, -0.15) is 5.10 Å². The maximum atomic E-state index is 11.4. The molecule has 2 heterocycles. The number of aryl methyl sites for hydroxylation is 1. The molecule has 5 heteroatoms. The van der Waals surface area contributed by atoms with E-state index in [0.29, 0.717) is 18.9 Å². The van der Waals surface area contributed by atoms with Gasteiger partial charge in [-0.05, 0) is 0 Å². The second-order valence-electron chi connectivity index (χ2n) is 3.19. The summed E-state index contributed by atoms with van der Waals surface area (Å²) < 4.78 is 11.5.